The number of nitrogens with two attached hydrogens (primary N) is 1. The molecule has 0 bridgehead atoms. The summed E-state index contributed by atoms with van der Waals surface area (Å²) in [5.41, 5.74) is 4.30. The van der Waals surface area contributed by atoms with Gasteiger partial charge in [0, 0.05) is 12.2 Å². The van der Waals surface area contributed by atoms with Crippen molar-refractivity contribution in [2.75, 3.05) is 6.61 Å². The van der Waals surface area contributed by atoms with Gasteiger partial charge >= 0.3 is 0 Å². The second-order valence-electron chi connectivity index (χ2n) is 4.77. The Morgan fingerprint density at radius 1 is 1.53 bits per heavy atom. The van der Waals surface area contributed by atoms with Crippen LogP contribution in [0.5, 0.6) is 0 Å². The molecule has 1 saturated heterocycles. The van der Waals surface area contributed by atoms with Gasteiger partial charge in [0.05, 0.1) is 12.1 Å². The first-order chi connectivity index (χ1) is 8.13. The van der Waals surface area contributed by atoms with Crippen LogP contribution in [-0.2, 0) is 4.74 Å². The van der Waals surface area contributed by atoms with Crippen LogP contribution in [0.15, 0.2) is 18.2 Å². The number of rotatable bonds is 3. The molecule has 1 aromatic rings. The number of hydrazine groups is 1. The summed E-state index contributed by atoms with van der Waals surface area (Å²) >= 11 is 0. The third kappa shape index (κ3) is 2.49. The molecule has 0 aromatic heterocycles. The van der Waals surface area contributed by atoms with E-state index < -0.39 is 0 Å². The van der Waals surface area contributed by atoms with E-state index in [9.17, 15) is 4.39 Å². The van der Waals surface area contributed by atoms with Crippen LogP contribution in [-0.4, -0.2) is 12.7 Å². The number of nitrogens with one attached hydrogen (secondary N) is 1. The minimum Gasteiger partial charge on any atom is -0.376 e. The minimum absolute atomic E-state index is 0.0590. The zero-order valence-electron chi connectivity index (χ0n) is 10.2. The van der Waals surface area contributed by atoms with Crippen molar-refractivity contribution in [2.24, 2.45) is 11.8 Å². The quantitative estimate of drug-likeness (QED) is 0.626. The lowest BCUT2D eigenvalue weighted by molar-refractivity contribution is 0.0596. The Morgan fingerprint density at radius 2 is 2.29 bits per heavy atom. The van der Waals surface area contributed by atoms with Gasteiger partial charge in [-0.15, -0.1) is 0 Å². The maximum Gasteiger partial charge on any atom is 0.128 e. The largest absolute Gasteiger partial charge is 0.376 e. The summed E-state index contributed by atoms with van der Waals surface area (Å²) in [4.78, 5) is 0. The van der Waals surface area contributed by atoms with E-state index in [1.54, 1.807) is 6.07 Å². The smallest absolute Gasteiger partial charge is 0.128 e. The molecule has 2 rings (SSSR count). The molecule has 3 unspecified atom stereocenters. The Labute approximate surface area is 101 Å². The molecule has 4 heteroatoms. The van der Waals surface area contributed by atoms with Gasteiger partial charge in [-0.1, -0.05) is 24.6 Å². The van der Waals surface area contributed by atoms with Crippen molar-refractivity contribution >= 4 is 0 Å². The van der Waals surface area contributed by atoms with Crippen LogP contribution < -0.4 is 11.3 Å². The second-order valence-corrected chi connectivity index (χ2v) is 4.77. The van der Waals surface area contributed by atoms with Gasteiger partial charge in [0.1, 0.15) is 5.82 Å². The molecular formula is C13H19FN2O. The molecule has 3 nitrogen and oxygen atoms in total. The van der Waals surface area contributed by atoms with Gasteiger partial charge in [-0.3, -0.25) is 11.3 Å². The minimum atomic E-state index is -0.285. The monoisotopic (exact) mass is 238 g/mol. The fraction of sp³-hybridized carbons (Fsp3) is 0.538. The van der Waals surface area contributed by atoms with E-state index in [2.05, 4.69) is 12.3 Å². The molecule has 17 heavy (non-hydrogen) atoms. The first-order valence-electron chi connectivity index (χ1n) is 5.97. The number of ether oxygens (including phenoxy) is 1. The maximum atomic E-state index is 13.8. The first-order valence-corrected chi connectivity index (χ1v) is 5.97. The Kier molecular flexibility index (Phi) is 3.76. The highest BCUT2D eigenvalue weighted by atomic mass is 19.1. The van der Waals surface area contributed by atoms with E-state index in [0.717, 1.165) is 18.6 Å². The normalized spacial score (nSPS) is 26.1. The molecule has 3 N–H and O–H groups in total. The van der Waals surface area contributed by atoms with Gasteiger partial charge in [-0.2, -0.15) is 0 Å². The van der Waals surface area contributed by atoms with Crippen molar-refractivity contribution in [3.63, 3.8) is 0 Å². The lowest BCUT2D eigenvalue weighted by atomic mass is 9.92. The summed E-state index contributed by atoms with van der Waals surface area (Å²) in [6.45, 7) is 4.77. The lowest BCUT2D eigenvalue weighted by Crippen LogP contribution is -2.39. The SMILES string of the molecule is Cc1ccc(F)c(C(NN)C2OCCC2C)c1. The molecule has 0 spiro atoms. The summed E-state index contributed by atoms with van der Waals surface area (Å²) < 4.78 is 19.5. The third-order valence-corrected chi connectivity index (χ3v) is 3.44. The number of benzene rings is 1. The van der Waals surface area contributed by atoms with Crippen molar-refractivity contribution in [1.29, 1.82) is 0 Å². The number of hydrogen-bond acceptors (Lipinski definition) is 3. The van der Waals surface area contributed by atoms with Crippen LogP contribution in [0.3, 0.4) is 0 Å². The van der Waals surface area contributed by atoms with Crippen LogP contribution >= 0.6 is 0 Å². The lowest BCUT2D eigenvalue weighted by Gasteiger charge is -2.26. The second kappa shape index (κ2) is 5.12. The molecule has 0 aliphatic carbocycles. The van der Waals surface area contributed by atoms with Crippen molar-refractivity contribution in [3.8, 4) is 0 Å². The first kappa shape index (κ1) is 12.5. The van der Waals surface area contributed by atoms with E-state index in [1.165, 1.54) is 6.07 Å². The third-order valence-electron chi connectivity index (χ3n) is 3.44. The molecule has 0 radical (unpaired) electrons. The molecule has 1 aliphatic heterocycles. The van der Waals surface area contributed by atoms with Gasteiger partial charge in [-0.25, -0.2) is 4.39 Å². The molecule has 94 valence electrons. The van der Waals surface area contributed by atoms with Crippen LogP contribution in [0.4, 0.5) is 4.39 Å². The highest BCUT2D eigenvalue weighted by Gasteiger charge is 2.33. The molecule has 3 atom stereocenters. The van der Waals surface area contributed by atoms with Crippen molar-refractivity contribution in [2.45, 2.75) is 32.4 Å². The van der Waals surface area contributed by atoms with E-state index in [4.69, 9.17) is 10.6 Å². The topological polar surface area (TPSA) is 47.3 Å². The zero-order chi connectivity index (χ0) is 12.4. The van der Waals surface area contributed by atoms with Gasteiger partial charge < -0.3 is 4.74 Å². The summed E-state index contributed by atoms with van der Waals surface area (Å²) in [7, 11) is 0. The maximum absolute atomic E-state index is 13.8. The highest BCUT2D eigenvalue weighted by molar-refractivity contribution is 5.28. The predicted octanol–water partition coefficient (Wildman–Crippen LogP) is 2.06. The van der Waals surface area contributed by atoms with Crippen molar-refractivity contribution in [1.82, 2.24) is 5.43 Å². The average molecular weight is 238 g/mol. The molecule has 1 fully saturated rings. The van der Waals surface area contributed by atoms with Crippen LogP contribution in [0.25, 0.3) is 0 Å². The van der Waals surface area contributed by atoms with E-state index >= 15 is 0 Å². The molecule has 1 heterocycles. The zero-order valence-corrected chi connectivity index (χ0v) is 10.2. The Morgan fingerprint density at radius 3 is 2.88 bits per heavy atom. The molecule has 1 aliphatic rings. The highest BCUT2D eigenvalue weighted by Crippen LogP contribution is 2.32. The summed E-state index contributed by atoms with van der Waals surface area (Å²) in [5.74, 6) is 5.72. The summed E-state index contributed by atoms with van der Waals surface area (Å²) in [5, 5.41) is 0. The van der Waals surface area contributed by atoms with E-state index in [1.807, 2.05) is 13.0 Å². The van der Waals surface area contributed by atoms with Gasteiger partial charge in [0.25, 0.3) is 0 Å². The Hall–Kier alpha value is -0.970. The molecule has 0 saturated carbocycles. The van der Waals surface area contributed by atoms with E-state index in [0.29, 0.717) is 11.5 Å². The molecular weight excluding hydrogens is 219 g/mol. The summed E-state index contributed by atoms with van der Waals surface area (Å²) in [6.07, 6.45) is 0.937. The van der Waals surface area contributed by atoms with Crippen molar-refractivity contribution in [3.05, 3.63) is 35.1 Å². The van der Waals surface area contributed by atoms with Crippen LogP contribution in [0.2, 0.25) is 0 Å². The van der Waals surface area contributed by atoms with E-state index in [-0.39, 0.29) is 18.0 Å². The Bertz CT molecular complexity index is 397. The number of halogens is 1. The predicted molar refractivity (Wildman–Crippen MR) is 64.7 cm³/mol. The Balaban J connectivity index is 2.31. The van der Waals surface area contributed by atoms with Gasteiger partial charge in [0.2, 0.25) is 0 Å². The molecule has 1 aromatic carbocycles. The van der Waals surface area contributed by atoms with Gasteiger partial charge in [0.15, 0.2) is 0 Å². The van der Waals surface area contributed by atoms with Crippen molar-refractivity contribution < 1.29 is 9.13 Å². The number of hydrogen-bond donors (Lipinski definition) is 2. The fourth-order valence-corrected chi connectivity index (χ4v) is 2.41. The standard InChI is InChI=1S/C13H19FN2O/c1-8-3-4-11(14)10(7-8)12(16-15)13-9(2)5-6-17-13/h3-4,7,9,12-13,16H,5-6,15H2,1-2H3. The van der Waals surface area contributed by atoms with Gasteiger partial charge in [-0.05, 0) is 25.3 Å². The average Bonchev–Trinajstić information content (AvgIpc) is 2.71. The number of aryl methyl sites for hydroxylation is 1. The van der Waals surface area contributed by atoms with Crippen LogP contribution in [0, 0.1) is 18.7 Å². The molecule has 0 amide bonds. The summed E-state index contributed by atoms with van der Waals surface area (Å²) in [6, 6.07) is 4.78. The van der Waals surface area contributed by atoms with Crippen LogP contribution in [0.1, 0.15) is 30.5 Å². The fourth-order valence-electron chi connectivity index (χ4n) is 2.41.